The van der Waals surface area contributed by atoms with Crippen molar-refractivity contribution >= 4 is 909 Å². The Labute approximate surface area is 912 Å². The molecular formula is H116P114V. The van der Waals surface area contributed by atoms with Crippen molar-refractivity contribution in [1.82, 2.24) is 0 Å². The van der Waals surface area contributed by atoms with Crippen molar-refractivity contribution in [3.63, 3.8) is 0 Å². The van der Waals surface area contributed by atoms with Gasteiger partial charge in [-0.15, -0.1) is 509 Å². The van der Waals surface area contributed by atoms with Gasteiger partial charge in [-0.1, -0.05) is 7.96 Å². The first-order valence-electron chi connectivity index (χ1n) is 26.0. The molecule has 0 aliphatic heterocycles. The van der Waals surface area contributed by atoms with E-state index in [4.69, 9.17) is 0 Å². The van der Waals surface area contributed by atoms with Gasteiger partial charge in [-0.3, -0.25) is 0 Å². The van der Waals surface area contributed by atoms with Gasteiger partial charge in [-0.25, -0.2) is 0 Å². The Morgan fingerprint density at radius 2 is 0.183 bits per heavy atom. The number of hydrogen-bond donors (Lipinski definition) is 0. The molecule has 63 unspecified atom stereocenters. The van der Waals surface area contributed by atoms with Crippen molar-refractivity contribution in [3.05, 3.63) is 0 Å². The first-order chi connectivity index (χ1) is 51.9. The largest absolute Gasteiger partial charge is 0.109 e. The van der Waals surface area contributed by atoms with Gasteiger partial charge in [0.05, 0.1) is 0 Å². The molecule has 0 nitrogen and oxygen atoms in total. The average molecular weight is 3700 g/mol. The van der Waals surface area contributed by atoms with Crippen molar-refractivity contribution in [1.29, 1.82) is 0 Å². The zero-order valence-electron chi connectivity index (χ0n) is 59.0. The van der Waals surface area contributed by atoms with Crippen molar-refractivity contribution < 1.29 is 18.6 Å². The van der Waals surface area contributed by atoms with Crippen molar-refractivity contribution in [2.24, 2.45) is 0 Å². The van der Waals surface area contributed by atoms with Crippen LogP contribution in [0.3, 0.4) is 0 Å². The molecule has 0 fully saturated rings. The minimum atomic E-state index is -0.658. The predicted octanol–water partition coefficient (Wildman–Crippen LogP) is 67.1. The molecule has 691 valence electrons. The van der Waals surface area contributed by atoms with Crippen LogP contribution < -0.4 is 0 Å². The van der Waals surface area contributed by atoms with E-state index in [1.807, 2.05) is 0 Å². The Kier molecular flexibility index (Phi) is 134. The van der Waals surface area contributed by atoms with Gasteiger partial charge >= 0.3 is 0 Å². The van der Waals surface area contributed by atoms with Crippen LogP contribution in [0.4, 0.5) is 0 Å². The molecule has 115 heavy (non-hydrogen) atoms. The summed E-state index contributed by atoms with van der Waals surface area (Å²) in [4.78, 5) is 0. The van der Waals surface area contributed by atoms with Crippen LogP contribution in [0.1, 0.15) is 0 Å². The second-order valence-corrected chi connectivity index (χ2v) is 491. The Hall–Kier alpha value is 49.6. The maximum atomic E-state index is 3.91. The molecule has 0 spiro atoms. The Morgan fingerprint density at radius 1 is 0.0957 bits per heavy atom. The van der Waals surface area contributed by atoms with Crippen LogP contribution in [0.5, 0.6) is 0 Å². The Morgan fingerprint density at radius 3 is 0.261 bits per heavy atom. The van der Waals surface area contributed by atoms with E-state index < -0.39 is 370 Å². The predicted molar refractivity (Wildman–Crippen MR) is 951 cm³/mol. The molecule has 0 aromatic heterocycles. The third-order valence-corrected chi connectivity index (χ3v) is 821. The summed E-state index contributed by atoms with van der Waals surface area (Å²) >= 11 is 0. The zero-order valence-corrected chi connectivity index (χ0v) is 177. The molecule has 0 aromatic rings. The van der Waals surface area contributed by atoms with Crippen LogP contribution in [-0.4, -0.2) is 0 Å². The molecular weight excluding hydrogens is 3580 g/mol. The third-order valence-electron chi connectivity index (χ3n) is 10.1. The average Bonchev–Trinajstić information content (AvgIpc) is 0.722. The summed E-state index contributed by atoms with van der Waals surface area (Å²) < 4.78 is 0. The van der Waals surface area contributed by atoms with E-state index in [9.17, 15) is 0 Å². The van der Waals surface area contributed by atoms with E-state index in [1.54, 1.807) is 0 Å². The van der Waals surface area contributed by atoms with Gasteiger partial charge < -0.3 is 0 Å². The fourth-order valence-corrected chi connectivity index (χ4v) is 1700. The SMILES string of the molecule is PPP(P(P)P)P(P(P)P)P(P(PP(P(P(P(P(P)P)P(P)P)P(P(P)P)P(P)P)P(P(P(P)P)P(P)P)P(P(P)P)P(P)P)P(P(P(P(P)P)P(P)P)P(P(P)P)P(P)P)P(P(P(P)P)P(P)P)P(P(P)P)P(P)P)P(P(P(P(P)P)P(P)P)P(P(P)P)P(P)P)P(P(P(P)P)P(P)P)P(P(P)P)P(P)P)P(P(P)P)P(P)P.[V]. The molecule has 0 heterocycles. The van der Waals surface area contributed by atoms with E-state index in [1.165, 1.54) is 0 Å². The summed E-state index contributed by atoms with van der Waals surface area (Å²) in [5, 5.41) is 0. The second kappa shape index (κ2) is 92.2. The fourth-order valence-electron chi connectivity index (χ4n) is 6.99. The summed E-state index contributed by atoms with van der Waals surface area (Å²) in [7, 11) is 220. The van der Waals surface area contributed by atoms with Crippen LogP contribution in [-0.2, 0) is 18.6 Å². The van der Waals surface area contributed by atoms with E-state index in [2.05, 4.69) is 509 Å². The number of hydrogen-bond acceptors (Lipinski definition) is 0. The minimum Gasteiger partial charge on any atom is -0.109 e. The van der Waals surface area contributed by atoms with E-state index in [-0.39, 0.29) is 32.5 Å². The molecule has 0 aliphatic rings. The van der Waals surface area contributed by atoms with Crippen molar-refractivity contribution in [2.75, 3.05) is 0 Å². The topological polar surface area (TPSA) is 0 Å². The molecule has 1 radical (unpaired) electrons. The van der Waals surface area contributed by atoms with Gasteiger partial charge in [-0.2, -0.15) is 0 Å². The van der Waals surface area contributed by atoms with Gasteiger partial charge in [0, 0.05) is 18.6 Å². The van der Waals surface area contributed by atoms with Crippen LogP contribution in [0.25, 0.3) is 0 Å². The molecule has 115 heteroatoms. The summed E-state index contributed by atoms with van der Waals surface area (Å²) in [5.41, 5.74) is 0. The fraction of sp³-hybridized carbons (Fsp3) is 0. The molecule has 63 atom stereocenters. The molecule has 0 amide bonds. The Bertz CT molecular complexity index is 1970. The van der Waals surface area contributed by atoms with Gasteiger partial charge in [0.1, 0.15) is 0 Å². The smallest absolute Gasteiger partial charge is 0 e. The number of rotatable bonds is 56. The van der Waals surface area contributed by atoms with E-state index in [0.717, 1.165) is 15.9 Å². The van der Waals surface area contributed by atoms with Crippen LogP contribution in [0, 0.1) is 0 Å². The van der Waals surface area contributed by atoms with Crippen molar-refractivity contribution in [3.8, 4) is 0 Å². The molecule has 0 aromatic carbocycles. The summed E-state index contributed by atoms with van der Waals surface area (Å²) in [5.74, 6) is 0. The second-order valence-electron chi connectivity index (χ2n) is 18.2. The van der Waals surface area contributed by atoms with E-state index in [0.29, 0.717) is 0 Å². The molecule has 0 saturated carbocycles. The van der Waals surface area contributed by atoms with Gasteiger partial charge in [0.25, 0.3) is 0 Å². The molecule has 0 bridgehead atoms. The van der Waals surface area contributed by atoms with Crippen LogP contribution in [0.15, 0.2) is 0 Å². The molecule has 0 aliphatic carbocycles. The normalized spacial score (nSPS) is 15.8. The standard InChI is InChI=1S/H116P114.V/c1-58-88(60(2)3)104(87(56)57)105(91(61(4)5)62(6)7)89(106(109(92(63(8)9)64(10)11)93(65(12)13)66(14)15)110(94(67(16)17)68(18)19)95(69(20)21)70(22)23)59-90(107(111(96(71(24)25)72(26)27)97(73(28)29)74(30)31)112(98(75(32)33)76(34)35)99(77(36)37)78(38)39)108(113(100(79(40)41)80(42)43)101(81(44)45)82(46)47)114(102(83(48)49)84(50)51)103(85(52)53)86(54)55;/h58-59H,1-57H2;. The van der Waals surface area contributed by atoms with Crippen LogP contribution >= 0.6 is 909 Å². The summed E-state index contributed by atoms with van der Waals surface area (Å²) in [6.07, 6.45) is 0. The molecule has 0 N–H and O–H groups in total. The third kappa shape index (κ3) is 59.7. The Balaban J connectivity index is 0. The molecule has 0 saturated heterocycles. The quantitative estimate of drug-likeness (QED) is 0.0533. The monoisotopic (exact) mass is 3700 g/mol. The molecule has 0 rings (SSSR count). The first-order valence-corrected chi connectivity index (χ1v) is 234. The zero-order chi connectivity index (χ0) is 90.2. The van der Waals surface area contributed by atoms with E-state index >= 15 is 0 Å². The maximum absolute atomic E-state index is 3.91. The minimum absolute atomic E-state index is 0. The summed E-state index contributed by atoms with van der Waals surface area (Å²) in [6, 6.07) is 0. The van der Waals surface area contributed by atoms with Crippen molar-refractivity contribution in [2.45, 2.75) is 0 Å². The van der Waals surface area contributed by atoms with Gasteiger partial charge in [0.15, 0.2) is 0 Å². The van der Waals surface area contributed by atoms with Gasteiger partial charge in [-0.05, 0) is 392 Å². The first kappa shape index (κ1) is 167. The van der Waals surface area contributed by atoms with Gasteiger partial charge in [0.2, 0.25) is 0 Å². The van der Waals surface area contributed by atoms with Crippen LogP contribution in [0.2, 0.25) is 0 Å². The maximum Gasteiger partial charge on any atom is 0 e. The summed E-state index contributed by atoms with van der Waals surface area (Å²) in [6.45, 7) is -25.2.